The number of carbonyl (C=O) groups is 2. The molecular formula is C31H39FN4O4S. The largest absolute Gasteiger partial charge is 0.354 e. The van der Waals surface area contributed by atoms with Crippen molar-refractivity contribution in [1.29, 1.82) is 0 Å². The molecule has 0 fully saturated rings. The van der Waals surface area contributed by atoms with Crippen LogP contribution in [0.15, 0.2) is 72.8 Å². The number of benzene rings is 3. The summed E-state index contributed by atoms with van der Waals surface area (Å²) >= 11 is 0. The maximum absolute atomic E-state index is 14.2. The smallest absolute Gasteiger partial charge is 0.304 e. The molecule has 0 radical (unpaired) electrons. The SMILES string of the molecule is CCCNC(=O)[C@@H](Cc1ccccc1)N(Cc1ccc(F)cc1)C(=O)CN(c1cc(C)ccc1C)S(=O)(=O)N(C)C. The van der Waals surface area contributed by atoms with Crippen LogP contribution in [0.4, 0.5) is 10.1 Å². The Bertz CT molecular complexity index is 1430. The number of anilines is 1. The van der Waals surface area contributed by atoms with Gasteiger partial charge in [0.05, 0.1) is 5.69 Å². The molecule has 0 aromatic heterocycles. The summed E-state index contributed by atoms with van der Waals surface area (Å²) < 4.78 is 42.9. The molecule has 0 aliphatic rings. The van der Waals surface area contributed by atoms with E-state index < -0.39 is 34.5 Å². The molecule has 220 valence electrons. The number of nitrogens with zero attached hydrogens (tertiary/aromatic N) is 3. The third-order valence-electron chi connectivity index (χ3n) is 6.74. The van der Waals surface area contributed by atoms with E-state index in [2.05, 4.69) is 5.32 Å². The van der Waals surface area contributed by atoms with Gasteiger partial charge in [-0.1, -0.05) is 61.5 Å². The van der Waals surface area contributed by atoms with Crippen molar-refractivity contribution in [3.63, 3.8) is 0 Å². The van der Waals surface area contributed by atoms with E-state index in [4.69, 9.17) is 0 Å². The predicted octanol–water partition coefficient (Wildman–Crippen LogP) is 4.22. The summed E-state index contributed by atoms with van der Waals surface area (Å²) in [6, 6.07) is 19.5. The molecule has 1 N–H and O–H groups in total. The zero-order valence-electron chi connectivity index (χ0n) is 24.3. The molecule has 0 heterocycles. The van der Waals surface area contributed by atoms with E-state index in [1.54, 1.807) is 31.2 Å². The Morgan fingerprint density at radius 2 is 1.59 bits per heavy atom. The second-order valence-corrected chi connectivity index (χ2v) is 12.3. The summed E-state index contributed by atoms with van der Waals surface area (Å²) in [5.74, 6) is -1.33. The maximum Gasteiger partial charge on any atom is 0.304 e. The second-order valence-electron chi connectivity index (χ2n) is 10.2. The molecule has 41 heavy (non-hydrogen) atoms. The van der Waals surface area contributed by atoms with Gasteiger partial charge in [0.15, 0.2) is 0 Å². The Morgan fingerprint density at radius 1 is 0.927 bits per heavy atom. The van der Waals surface area contributed by atoms with Crippen molar-refractivity contribution in [3.05, 3.63) is 101 Å². The average molecular weight is 583 g/mol. The first-order valence-electron chi connectivity index (χ1n) is 13.6. The number of amides is 2. The first kappa shape index (κ1) is 31.8. The summed E-state index contributed by atoms with van der Waals surface area (Å²) in [4.78, 5) is 29.2. The second kappa shape index (κ2) is 14.2. The van der Waals surface area contributed by atoms with Crippen molar-refractivity contribution in [2.45, 2.75) is 46.2 Å². The van der Waals surface area contributed by atoms with E-state index in [1.807, 2.05) is 50.2 Å². The Balaban J connectivity index is 2.11. The molecule has 0 bridgehead atoms. The van der Waals surface area contributed by atoms with E-state index in [0.717, 1.165) is 19.7 Å². The number of hydrogen-bond acceptors (Lipinski definition) is 4. The van der Waals surface area contributed by atoms with Gasteiger partial charge in [-0.15, -0.1) is 0 Å². The fourth-order valence-electron chi connectivity index (χ4n) is 4.40. The van der Waals surface area contributed by atoms with Gasteiger partial charge in [-0.2, -0.15) is 12.7 Å². The number of carbonyl (C=O) groups excluding carboxylic acids is 2. The predicted molar refractivity (Wildman–Crippen MR) is 160 cm³/mol. The van der Waals surface area contributed by atoms with E-state index in [1.165, 1.54) is 31.1 Å². The van der Waals surface area contributed by atoms with E-state index in [9.17, 15) is 22.4 Å². The molecule has 0 spiro atoms. The van der Waals surface area contributed by atoms with Crippen molar-refractivity contribution in [1.82, 2.24) is 14.5 Å². The molecule has 3 rings (SSSR count). The first-order chi connectivity index (χ1) is 19.4. The number of aryl methyl sites for hydroxylation is 2. The van der Waals surface area contributed by atoms with Crippen LogP contribution in [0.5, 0.6) is 0 Å². The van der Waals surface area contributed by atoms with E-state index in [-0.39, 0.29) is 18.9 Å². The van der Waals surface area contributed by atoms with Crippen molar-refractivity contribution >= 4 is 27.7 Å². The van der Waals surface area contributed by atoms with Gasteiger partial charge in [0.25, 0.3) is 0 Å². The summed E-state index contributed by atoms with van der Waals surface area (Å²) in [6.07, 6.45) is 0.921. The van der Waals surface area contributed by atoms with Crippen LogP contribution in [0.3, 0.4) is 0 Å². The van der Waals surface area contributed by atoms with Crippen LogP contribution in [-0.4, -0.2) is 62.7 Å². The monoisotopic (exact) mass is 582 g/mol. The molecule has 0 saturated heterocycles. The van der Waals surface area contributed by atoms with Crippen LogP contribution < -0.4 is 9.62 Å². The van der Waals surface area contributed by atoms with Gasteiger partial charge in [-0.3, -0.25) is 9.59 Å². The number of rotatable bonds is 13. The lowest BCUT2D eigenvalue weighted by atomic mass is 10.0. The third-order valence-corrected chi connectivity index (χ3v) is 8.54. The Labute approximate surface area is 243 Å². The van der Waals surface area contributed by atoms with Crippen LogP contribution in [-0.2, 0) is 32.8 Å². The maximum atomic E-state index is 14.2. The minimum absolute atomic E-state index is 0.0151. The van der Waals surface area contributed by atoms with Crippen LogP contribution in [0.1, 0.15) is 35.6 Å². The number of nitrogens with one attached hydrogen (secondary N) is 1. The minimum atomic E-state index is -4.09. The quantitative estimate of drug-likeness (QED) is 0.327. The lowest BCUT2D eigenvalue weighted by Gasteiger charge is -2.35. The molecule has 2 amide bonds. The Hall–Kier alpha value is -3.76. The zero-order chi connectivity index (χ0) is 30.2. The van der Waals surface area contributed by atoms with Crippen LogP contribution in [0.2, 0.25) is 0 Å². The lowest BCUT2D eigenvalue weighted by molar-refractivity contribution is -0.140. The molecule has 3 aromatic carbocycles. The van der Waals surface area contributed by atoms with Crippen LogP contribution in [0, 0.1) is 19.7 Å². The van der Waals surface area contributed by atoms with Gasteiger partial charge in [0, 0.05) is 33.6 Å². The summed E-state index contributed by atoms with van der Waals surface area (Å²) in [5.41, 5.74) is 3.34. The van der Waals surface area contributed by atoms with E-state index >= 15 is 0 Å². The average Bonchev–Trinajstić information content (AvgIpc) is 2.95. The molecule has 0 aliphatic heterocycles. The van der Waals surface area contributed by atoms with E-state index in [0.29, 0.717) is 29.8 Å². The highest BCUT2D eigenvalue weighted by Crippen LogP contribution is 2.26. The molecule has 10 heteroatoms. The van der Waals surface area contributed by atoms with Gasteiger partial charge >= 0.3 is 10.2 Å². The van der Waals surface area contributed by atoms with Gasteiger partial charge < -0.3 is 10.2 Å². The van der Waals surface area contributed by atoms with Gasteiger partial charge in [0.1, 0.15) is 18.4 Å². The van der Waals surface area contributed by atoms with Crippen LogP contribution in [0.25, 0.3) is 0 Å². The summed E-state index contributed by atoms with van der Waals surface area (Å²) in [6.45, 7) is 5.44. The Morgan fingerprint density at radius 3 is 2.20 bits per heavy atom. The lowest BCUT2D eigenvalue weighted by Crippen LogP contribution is -2.54. The molecule has 0 unspecified atom stereocenters. The normalized spacial score (nSPS) is 12.2. The topological polar surface area (TPSA) is 90.0 Å². The van der Waals surface area contributed by atoms with Gasteiger partial charge in [-0.25, -0.2) is 8.70 Å². The minimum Gasteiger partial charge on any atom is -0.354 e. The zero-order valence-corrected chi connectivity index (χ0v) is 25.1. The first-order valence-corrected chi connectivity index (χ1v) is 15.0. The van der Waals surface area contributed by atoms with Gasteiger partial charge in [0.2, 0.25) is 11.8 Å². The highest BCUT2D eigenvalue weighted by molar-refractivity contribution is 7.90. The van der Waals surface area contributed by atoms with Crippen molar-refractivity contribution in [2.24, 2.45) is 0 Å². The molecular weight excluding hydrogens is 543 g/mol. The number of hydrogen-bond donors (Lipinski definition) is 1. The highest BCUT2D eigenvalue weighted by atomic mass is 32.2. The molecule has 8 nitrogen and oxygen atoms in total. The van der Waals surface area contributed by atoms with Crippen molar-refractivity contribution in [2.75, 3.05) is 31.5 Å². The fourth-order valence-corrected chi connectivity index (χ4v) is 5.51. The van der Waals surface area contributed by atoms with Gasteiger partial charge in [-0.05, 0) is 60.7 Å². The molecule has 0 saturated carbocycles. The Kier molecular flexibility index (Phi) is 11.0. The standard InChI is InChI=1S/C31H39FN4O4S/c1-6-18-33-31(38)29(20-25-10-8-7-9-11-25)35(21-26-14-16-27(32)17-15-26)30(37)22-36(41(39,40)34(4)5)28-19-23(2)12-13-24(28)3/h7-17,19,29H,6,18,20-22H2,1-5H3,(H,33,38)/t29-/m1/s1. The van der Waals surface area contributed by atoms with Crippen molar-refractivity contribution in [3.8, 4) is 0 Å². The fraction of sp³-hybridized carbons (Fsp3) is 0.355. The highest BCUT2D eigenvalue weighted by Gasteiger charge is 2.35. The van der Waals surface area contributed by atoms with Crippen molar-refractivity contribution < 1.29 is 22.4 Å². The molecule has 3 aromatic rings. The summed E-state index contributed by atoms with van der Waals surface area (Å²) in [5, 5.41) is 2.90. The third kappa shape index (κ3) is 8.37. The summed E-state index contributed by atoms with van der Waals surface area (Å²) in [7, 11) is -1.27. The number of halogens is 1. The van der Waals surface area contributed by atoms with Crippen LogP contribution >= 0.6 is 0 Å². The molecule has 1 atom stereocenters. The molecule has 0 aliphatic carbocycles.